The van der Waals surface area contributed by atoms with E-state index in [1.807, 2.05) is 50.2 Å². The topological polar surface area (TPSA) is 40.5 Å². The van der Waals surface area contributed by atoms with E-state index in [1.165, 1.54) is 16.3 Å². The van der Waals surface area contributed by atoms with E-state index in [2.05, 4.69) is 32.0 Å². The molecule has 0 aliphatic heterocycles. The molecular weight excluding hydrogens is 355 g/mol. The largest absolute Gasteiger partial charge is 0.507 e. The zero-order valence-electron chi connectivity index (χ0n) is 15.5. The molecule has 0 unspecified atom stereocenters. The summed E-state index contributed by atoms with van der Waals surface area (Å²) in [7, 11) is -0.426. The fourth-order valence-corrected chi connectivity index (χ4v) is 8.67. The number of phenolic OH excluding ortho intramolecular Hbond substituents is 2. The molecule has 0 aliphatic carbocycles. The second-order valence-electron chi connectivity index (χ2n) is 6.58. The van der Waals surface area contributed by atoms with E-state index in [0.717, 1.165) is 21.7 Å². The van der Waals surface area contributed by atoms with Crippen LogP contribution in [-0.2, 0) is 0 Å². The van der Waals surface area contributed by atoms with Crippen LogP contribution in [0.3, 0.4) is 0 Å². The first-order valence-electron chi connectivity index (χ1n) is 8.60. The minimum Gasteiger partial charge on any atom is -0.507 e. The minimum absolute atomic E-state index is 0.345. The van der Waals surface area contributed by atoms with Crippen molar-refractivity contribution in [2.75, 3.05) is 0 Å². The average Bonchev–Trinajstić information content (AvgIpc) is 2.62. The molecule has 3 rings (SSSR count). The number of phenols is 2. The Morgan fingerprint density at radius 2 is 1.12 bits per heavy atom. The molecule has 2 N–H and O–H groups in total. The Morgan fingerprint density at radius 3 is 1.65 bits per heavy atom. The van der Waals surface area contributed by atoms with Gasteiger partial charge in [-0.3, -0.25) is 0 Å². The molecule has 0 bridgehead atoms. The summed E-state index contributed by atoms with van der Waals surface area (Å²) in [4.78, 5) is 0. The van der Waals surface area contributed by atoms with Crippen molar-refractivity contribution in [3.8, 4) is 11.5 Å². The number of aromatic hydroxyl groups is 2. The molecule has 0 saturated heterocycles. The van der Waals surface area contributed by atoms with E-state index in [-0.39, 0.29) is 0 Å². The van der Waals surface area contributed by atoms with Crippen molar-refractivity contribution in [2.45, 2.75) is 27.7 Å². The van der Waals surface area contributed by atoms with Crippen molar-refractivity contribution in [2.24, 2.45) is 0 Å². The van der Waals surface area contributed by atoms with Crippen LogP contribution in [0, 0.1) is 27.7 Å². The standard InChI is InChI=1S/C22H23O2PSi/c1-14-8-7-13-20(17(14)4)26-25(18-11-5-9-15(2)21(18)23)19-12-6-10-16(3)22(19)24/h5-13,23-24H,1-4H3. The van der Waals surface area contributed by atoms with Gasteiger partial charge in [-0.15, -0.1) is 0 Å². The van der Waals surface area contributed by atoms with Crippen LogP contribution in [0.15, 0.2) is 54.6 Å². The summed E-state index contributed by atoms with van der Waals surface area (Å²) in [5.74, 6) is 0.689. The fourth-order valence-electron chi connectivity index (χ4n) is 2.89. The lowest BCUT2D eigenvalue weighted by Crippen LogP contribution is -2.26. The molecule has 3 aromatic rings. The highest BCUT2D eigenvalue weighted by Crippen LogP contribution is 2.39. The first-order chi connectivity index (χ1) is 12.4. The van der Waals surface area contributed by atoms with Crippen molar-refractivity contribution in [3.63, 3.8) is 0 Å². The van der Waals surface area contributed by atoms with E-state index in [4.69, 9.17) is 0 Å². The Bertz CT molecular complexity index is 901. The van der Waals surface area contributed by atoms with Crippen molar-refractivity contribution in [1.29, 1.82) is 0 Å². The third-order valence-corrected chi connectivity index (χ3v) is 10.3. The molecular formula is C22H23O2PSi. The van der Waals surface area contributed by atoms with Crippen LogP contribution in [0.5, 0.6) is 11.5 Å². The molecule has 0 saturated carbocycles. The minimum atomic E-state index is -0.902. The number of benzene rings is 3. The summed E-state index contributed by atoms with van der Waals surface area (Å²) in [6.07, 6.45) is 0. The Hall–Kier alpha value is -2.09. The Kier molecular flexibility index (Phi) is 5.50. The second kappa shape index (κ2) is 7.65. The molecule has 3 aromatic carbocycles. The molecule has 2 radical (unpaired) electrons. The summed E-state index contributed by atoms with van der Waals surface area (Å²) in [6, 6.07) is 18.2. The van der Waals surface area contributed by atoms with Gasteiger partial charge in [-0.25, -0.2) is 0 Å². The molecule has 4 heteroatoms. The van der Waals surface area contributed by atoms with E-state index >= 15 is 0 Å². The smallest absolute Gasteiger partial charge is 0.128 e. The van der Waals surface area contributed by atoms with Crippen LogP contribution in [-0.4, -0.2) is 19.4 Å². The Morgan fingerprint density at radius 1 is 0.654 bits per heavy atom. The van der Waals surface area contributed by atoms with Crippen molar-refractivity contribution >= 4 is 32.5 Å². The maximum Gasteiger partial charge on any atom is 0.128 e. The molecule has 0 atom stereocenters. The molecule has 2 nitrogen and oxygen atoms in total. The molecule has 0 fully saturated rings. The van der Waals surface area contributed by atoms with E-state index in [0.29, 0.717) is 20.7 Å². The van der Waals surface area contributed by atoms with Crippen LogP contribution in [0.4, 0.5) is 0 Å². The normalized spacial score (nSPS) is 11.1. The lowest BCUT2D eigenvalue weighted by molar-refractivity contribution is 0.475. The van der Waals surface area contributed by atoms with Gasteiger partial charge in [0.15, 0.2) is 0 Å². The van der Waals surface area contributed by atoms with Gasteiger partial charge in [-0.2, -0.15) is 0 Å². The lowest BCUT2D eigenvalue weighted by atomic mass is 10.1. The highest BCUT2D eigenvalue weighted by atomic mass is 31.4. The maximum absolute atomic E-state index is 10.7. The summed E-state index contributed by atoms with van der Waals surface area (Å²) in [5, 5.41) is 24.6. The molecule has 26 heavy (non-hydrogen) atoms. The average molecular weight is 378 g/mol. The molecule has 0 spiro atoms. The van der Waals surface area contributed by atoms with Gasteiger partial charge in [-0.1, -0.05) is 59.8 Å². The van der Waals surface area contributed by atoms with Gasteiger partial charge in [0.05, 0.1) is 0 Å². The van der Waals surface area contributed by atoms with Gasteiger partial charge < -0.3 is 10.2 Å². The Balaban J connectivity index is 2.18. The summed E-state index contributed by atoms with van der Waals surface area (Å²) < 4.78 is 0. The zero-order valence-corrected chi connectivity index (χ0v) is 17.4. The number of hydrogen-bond acceptors (Lipinski definition) is 2. The second-order valence-corrected chi connectivity index (χ2v) is 11.0. The maximum atomic E-state index is 10.7. The van der Waals surface area contributed by atoms with Gasteiger partial charge in [0.1, 0.15) is 20.7 Å². The van der Waals surface area contributed by atoms with Gasteiger partial charge >= 0.3 is 0 Å². The van der Waals surface area contributed by atoms with Crippen molar-refractivity contribution in [1.82, 2.24) is 0 Å². The van der Waals surface area contributed by atoms with E-state index < -0.39 is 7.47 Å². The fraction of sp³-hybridized carbons (Fsp3) is 0.182. The van der Waals surface area contributed by atoms with Gasteiger partial charge in [0.25, 0.3) is 0 Å². The predicted molar refractivity (Wildman–Crippen MR) is 113 cm³/mol. The predicted octanol–water partition coefficient (Wildman–Crippen LogP) is 3.71. The van der Waals surface area contributed by atoms with E-state index in [1.54, 1.807) is 0 Å². The number of para-hydroxylation sites is 2. The SMILES string of the molecule is Cc1cccc([Si]P(c2cccc(C)c2O)c2cccc(C)c2O)c1C. The van der Waals surface area contributed by atoms with Gasteiger partial charge in [0.2, 0.25) is 0 Å². The summed E-state index contributed by atoms with van der Waals surface area (Å²) >= 11 is 0. The Labute approximate surface area is 159 Å². The monoisotopic (exact) mass is 378 g/mol. The number of hydrogen-bond donors (Lipinski definition) is 2. The summed E-state index contributed by atoms with van der Waals surface area (Å²) in [6.45, 7) is 8.12. The highest BCUT2D eigenvalue weighted by Gasteiger charge is 2.23. The molecule has 0 aromatic heterocycles. The lowest BCUT2D eigenvalue weighted by Gasteiger charge is -2.23. The first kappa shape index (κ1) is 18.7. The zero-order chi connectivity index (χ0) is 18.8. The number of aryl methyl sites for hydroxylation is 3. The van der Waals surface area contributed by atoms with Crippen molar-refractivity contribution in [3.05, 3.63) is 76.9 Å². The molecule has 0 heterocycles. The van der Waals surface area contributed by atoms with Crippen LogP contribution >= 0.6 is 7.47 Å². The highest BCUT2D eigenvalue weighted by molar-refractivity contribution is 7.99. The van der Waals surface area contributed by atoms with E-state index in [9.17, 15) is 10.2 Å². The molecule has 0 amide bonds. The quantitative estimate of drug-likeness (QED) is 0.537. The van der Waals surface area contributed by atoms with Crippen LogP contribution in [0.1, 0.15) is 22.3 Å². The summed E-state index contributed by atoms with van der Waals surface area (Å²) in [5.41, 5.74) is 4.30. The molecule has 132 valence electrons. The van der Waals surface area contributed by atoms with Crippen LogP contribution < -0.4 is 15.8 Å². The van der Waals surface area contributed by atoms with Crippen LogP contribution in [0.25, 0.3) is 0 Å². The van der Waals surface area contributed by atoms with Gasteiger partial charge in [0, 0.05) is 10.6 Å². The van der Waals surface area contributed by atoms with Crippen molar-refractivity contribution < 1.29 is 10.2 Å². The third-order valence-electron chi connectivity index (χ3n) is 4.75. The van der Waals surface area contributed by atoms with Gasteiger partial charge in [-0.05, 0) is 57.4 Å². The first-order valence-corrected chi connectivity index (χ1v) is 11.8. The van der Waals surface area contributed by atoms with Crippen LogP contribution in [0.2, 0.25) is 0 Å². The molecule has 0 aliphatic rings. The number of rotatable bonds is 4. The third kappa shape index (κ3) is 3.55.